The van der Waals surface area contributed by atoms with Gasteiger partial charge >= 0.3 is 0 Å². The van der Waals surface area contributed by atoms with E-state index < -0.39 is 0 Å². The van der Waals surface area contributed by atoms with Crippen LogP contribution >= 0.6 is 0 Å². The standard InChI is InChI=1S/C15H24.C9H12.C3H8.2CH4/c1-4-5-6-7-8-14-9-11-15(12-10-14)13(2)3;1-8(2)9-6-4-3-5-7-9;1-3-2;;/h9-13H,4-8H2,1-3H3;3-8H,1-2H3;3H2,1-2H3;2*1H4. The van der Waals surface area contributed by atoms with Crippen LogP contribution in [0.15, 0.2) is 54.6 Å². The van der Waals surface area contributed by atoms with Crippen molar-refractivity contribution in [1.82, 2.24) is 0 Å². The largest absolute Gasteiger partial charge is 0.0776 e. The molecule has 0 fully saturated rings. The molecule has 2 aromatic rings. The SMILES string of the molecule is C.C.CC(C)c1ccccc1.CCC.CCCCCCc1ccc(C(C)C)cc1. The fourth-order valence-corrected chi connectivity index (χ4v) is 2.66. The number of rotatable bonds is 7. The summed E-state index contributed by atoms with van der Waals surface area (Å²) in [6, 6.07) is 19.7. The molecule has 0 bridgehead atoms. The highest BCUT2D eigenvalue weighted by Crippen LogP contribution is 2.16. The summed E-state index contributed by atoms with van der Waals surface area (Å²) in [5.74, 6) is 1.31. The lowest BCUT2D eigenvalue weighted by Gasteiger charge is -2.06. The molecule has 0 aliphatic carbocycles. The summed E-state index contributed by atoms with van der Waals surface area (Å²) in [4.78, 5) is 0. The third-order valence-electron chi connectivity index (χ3n) is 4.43. The lowest BCUT2D eigenvalue weighted by atomic mass is 9.99. The van der Waals surface area contributed by atoms with Gasteiger partial charge in [-0.2, -0.15) is 0 Å². The van der Waals surface area contributed by atoms with E-state index in [0.717, 1.165) is 0 Å². The monoisotopic (exact) mass is 400 g/mol. The highest BCUT2D eigenvalue weighted by molar-refractivity contribution is 5.24. The Morgan fingerprint density at radius 3 is 1.41 bits per heavy atom. The van der Waals surface area contributed by atoms with E-state index in [1.54, 1.807) is 0 Å². The van der Waals surface area contributed by atoms with Crippen LogP contribution in [0.4, 0.5) is 0 Å². The first-order valence-corrected chi connectivity index (χ1v) is 11.1. The summed E-state index contributed by atoms with van der Waals surface area (Å²) in [7, 11) is 0. The van der Waals surface area contributed by atoms with Crippen molar-refractivity contribution in [3.05, 3.63) is 71.3 Å². The summed E-state index contributed by atoms with van der Waals surface area (Å²) in [6.45, 7) is 15.4. The van der Waals surface area contributed by atoms with Gasteiger partial charge in [0.25, 0.3) is 0 Å². The van der Waals surface area contributed by atoms with Gasteiger partial charge in [-0.3, -0.25) is 0 Å². The minimum absolute atomic E-state index is 0. The Bertz CT molecular complexity index is 534. The number of benzene rings is 2. The predicted molar refractivity (Wildman–Crippen MR) is 138 cm³/mol. The van der Waals surface area contributed by atoms with Gasteiger partial charge in [-0.05, 0) is 41.4 Å². The van der Waals surface area contributed by atoms with Crippen molar-refractivity contribution < 1.29 is 0 Å². The van der Waals surface area contributed by atoms with Crippen molar-refractivity contribution >= 4 is 0 Å². The van der Waals surface area contributed by atoms with E-state index in [0.29, 0.717) is 11.8 Å². The summed E-state index contributed by atoms with van der Waals surface area (Å²) < 4.78 is 0. The van der Waals surface area contributed by atoms with Crippen molar-refractivity contribution in [2.75, 3.05) is 0 Å². The van der Waals surface area contributed by atoms with Crippen molar-refractivity contribution in [1.29, 1.82) is 0 Å². The minimum atomic E-state index is 0. The van der Waals surface area contributed by atoms with Gasteiger partial charge in [-0.25, -0.2) is 0 Å². The summed E-state index contributed by atoms with van der Waals surface area (Å²) in [6.07, 6.45) is 7.92. The fourth-order valence-electron chi connectivity index (χ4n) is 2.66. The molecule has 0 radical (unpaired) electrons. The van der Waals surface area contributed by atoms with Gasteiger partial charge in [-0.1, -0.05) is 144 Å². The van der Waals surface area contributed by atoms with Crippen LogP contribution in [0.3, 0.4) is 0 Å². The lowest BCUT2D eigenvalue weighted by Crippen LogP contribution is -1.89. The van der Waals surface area contributed by atoms with Gasteiger partial charge in [0.15, 0.2) is 0 Å². The van der Waals surface area contributed by atoms with Crippen molar-refractivity contribution in [2.24, 2.45) is 0 Å². The van der Waals surface area contributed by atoms with Gasteiger partial charge in [0.1, 0.15) is 0 Å². The fraction of sp³-hybridized carbons (Fsp3) is 0.586. The summed E-state index contributed by atoms with van der Waals surface area (Å²) >= 11 is 0. The lowest BCUT2D eigenvalue weighted by molar-refractivity contribution is 0.666. The third kappa shape index (κ3) is 17.0. The first kappa shape index (κ1) is 32.1. The molecular formula is C29H52. The molecule has 2 rings (SSSR count). The summed E-state index contributed by atoms with van der Waals surface area (Å²) in [5, 5.41) is 0. The number of hydrogen-bond acceptors (Lipinski definition) is 0. The van der Waals surface area contributed by atoms with E-state index in [2.05, 4.69) is 97.0 Å². The highest BCUT2D eigenvalue weighted by atomic mass is 14.0. The first-order chi connectivity index (χ1) is 13.0. The van der Waals surface area contributed by atoms with E-state index in [1.165, 1.54) is 55.2 Å². The molecule has 168 valence electrons. The first-order valence-electron chi connectivity index (χ1n) is 11.1. The van der Waals surface area contributed by atoms with Crippen molar-refractivity contribution in [2.45, 2.75) is 114 Å². The van der Waals surface area contributed by atoms with Gasteiger partial charge in [-0.15, -0.1) is 0 Å². The van der Waals surface area contributed by atoms with E-state index in [1.807, 2.05) is 6.07 Å². The van der Waals surface area contributed by atoms with E-state index in [-0.39, 0.29) is 14.9 Å². The van der Waals surface area contributed by atoms with Crippen LogP contribution < -0.4 is 0 Å². The Hall–Kier alpha value is -1.56. The highest BCUT2D eigenvalue weighted by Gasteiger charge is 1.98. The number of hydrogen-bond donors (Lipinski definition) is 0. The Balaban J connectivity index is -0.000000416. The molecule has 0 N–H and O–H groups in total. The van der Waals surface area contributed by atoms with Crippen LogP contribution in [0.5, 0.6) is 0 Å². The average molecular weight is 401 g/mol. The van der Waals surface area contributed by atoms with Crippen molar-refractivity contribution in [3.63, 3.8) is 0 Å². The Kier molecular flexibility index (Phi) is 23.4. The third-order valence-corrected chi connectivity index (χ3v) is 4.43. The molecule has 0 saturated heterocycles. The Labute approximate surface area is 185 Å². The van der Waals surface area contributed by atoms with Gasteiger partial charge in [0.05, 0.1) is 0 Å². The minimum Gasteiger partial charge on any atom is -0.0776 e. The zero-order chi connectivity index (χ0) is 20.5. The average Bonchev–Trinajstić information content (AvgIpc) is 2.67. The molecule has 2 aromatic carbocycles. The molecule has 0 aliphatic rings. The smallest absolute Gasteiger partial charge is 0.0219 e. The molecule has 0 saturated carbocycles. The Morgan fingerprint density at radius 2 is 1.03 bits per heavy atom. The second-order valence-electron chi connectivity index (χ2n) is 7.98. The van der Waals surface area contributed by atoms with Crippen LogP contribution in [0.1, 0.15) is 124 Å². The topological polar surface area (TPSA) is 0 Å². The van der Waals surface area contributed by atoms with E-state index >= 15 is 0 Å². The zero-order valence-corrected chi connectivity index (χ0v) is 19.1. The molecule has 0 aliphatic heterocycles. The molecular weight excluding hydrogens is 348 g/mol. The maximum absolute atomic E-state index is 2.29. The molecule has 29 heavy (non-hydrogen) atoms. The van der Waals surface area contributed by atoms with Gasteiger partial charge < -0.3 is 0 Å². The zero-order valence-electron chi connectivity index (χ0n) is 19.1. The quantitative estimate of drug-likeness (QED) is 0.405. The summed E-state index contributed by atoms with van der Waals surface area (Å²) in [5.41, 5.74) is 4.36. The van der Waals surface area contributed by atoms with E-state index in [4.69, 9.17) is 0 Å². The molecule has 0 spiro atoms. The van der Waals surface area contributed by atoms with Crippen LogP contribution in [0.2, 0.25) is 0 Å². The van der Waals surface area contributed by atoms with E-state index in [9.17, 15) is 0 Å². The second kappa shape index (κ2) is 21.2. The molecule has 0 amide bonds. The number of aryl methyl sites for hydroxylation is 1. The molecule has 0 unspecified atom stereocenters. The normalized spacial score (nSPS) is 9.41. The van der Waals surface area contributed by atoms with Gasteiger partial charge in [0.2, 0.25) is 0 Å². The molecule has 0 nitrogen and oxygen atoms in total. The predicted octanol–water partition coefficient (Wildman–Crippen LogP) is 10.4. The molecule has 0 heteroatoms. The van der Waals surface area contributed by atoms with Crippen LogP contribution in [-0.2, 0) is 6.42 Å². The van der Waals surface area contributed by atoms with Crippen LogP contribution in [-0.4, -0.2) is 0 Å². The van der Waals surface area contributed by atoms with Gasteiger partial charge in [0, 0.05) is 0 Å². The number of unbranched alkanes of at least 4 members (excludes halogenated alkanes) is 3. The Morgan fingerprint density at radius 1 is 0.586 bits per heavy atom. The van der Waals surface area contributed by atoms with Crippen LogP contribution in [0, 0.1) is 0 Å². The molecule has 0 atom stereocenters. The molecule has 0 heterocycles. The van der Waals surface area contributed by atoms with Crippen LogP contribution in [0.25, 0.3) is 0 Å². The maximum atomic E-state index is 2.29. The maximum Gasteiger partial charge on any atom is -0.0219 e. The van der Waals surface area contributed by atoms with Crippen molar-refractivity contribution in [3.8, 4) is 0 Å². The second-order valence-corrected chi connectivity index (χ2v) is 7.98. The molecule has 0 aromatic heterocycles.